The molecule has 3 heterocycles. The van der Waals surface area contributed by atoms with Crippen LogP contribution < -0.4 is 10.2 Å². The molecule has 0 bridgehead atoms. The first kappa shape index (κ1) is 25.8. The number of fused-ring (bicyclic) bond motifs is 6. The third-order valence-corrected chi connectivity index (χ3v) is 9.24. The Kier molecular flexibility index (Phi) is 5.93. The second-order valence-electron chi connectivity index (χ2n) is 10.7. The summed E-state index contributed by atoms with van der Waals surface area (Å²) in [4.78, 5) is 45.9. The summed E-state index contributed by atoms with van der Waals surface area (Å²) in [6.45, 7) is 2.00. The van der Waals surface area contributed by atoms with Crippen LogP contribution in [0.1, 0.15) is 38.8 Å². The van der Waals surface area contributed by atoms with Crippen LogP contribution in [0.3, 0.4) is 0 Å². The molecule has 4 atom stereocenters. The largest absolute Gasteiger partial charge is 0.352 e. The lowest BCUT2D eigenvalue weighted by Gasteiger charge is -2.39. The number of anilines is 2. The summed E-state index contributed by atoms with van der Waals surface area (Å²) in [6.07, 6.45) is 2.03. The molecular formula is C34H24Cl2N2O3. The number of allylic oxidation sites excluding steroid dienone is 1. The van der Waals surface area contributed by atoms with E-state index in [1.165, 1.54) is 6.07 Å². The molecule has 202 valence electrons. The number of nitrogens with one attached hydrogen (secondary N) is 1. The Morgan fingerprint density at radius 3 is 2.34 bits per heavy atom. The van der Waals surface area contributed by atoms with Crippen molar-refractivity contribution in [1.29, 1.82) is 0 Å². The normalized spacial score (nSPS) is 23.9. The van der Waals surface area contributed by atoms with E-state index in [-0.39, 0.29) is 28.1 Å². The fourth-order valence-corrected chi connectivity index (χ4v) is 7.52. The number of halogens is 2. The zero-order valence-corrected chi connectivity index (χ0v) is 23.5. The number of amides is 1. The highest BCUT2D eigenvalue weighted by atomic mass is 35.5. The summed E-state index contributed by atoms with van der Waals surface area (Å²) in [6, 6.07) is 27.3. The Labute approximate surface area is 247 Å². The van der Waals surface area contributed by atoms with Crippen molar-refractivity contribution in [2.24, 2.45) is 5.92 Å². The summed E-state index contributed by atoms with van der Waals surface area (Å²) in [5.74, 6) is -2.04. The van der Waals surface area contributed by atoms with E-state index in [2.05, 4.69) is 5.32 Å². The van der Waals surface area contributed by atoms with Crippen molar-refractivity contribution < 1.29 is 14.4 Å². The third kappa shape index (κ3) is 3.59. The van der Waals surface area contributed by atoms with Crippen LogP contribution in [0.5, 0.6) is 0 Å². The van der Waals surface area contributed by atoms with Crippen molar-refractivity contribution >= 4 is 57.6 Å². The second-order valence-corrected chi connectivity index (χ2v) is 11.6. The Bertz CT molecular complexity index is 1800. The van der Waals surface area contributed by atoms with E-state index >= 15 is 0 Å². The topological polar surface area (TPSA) is 66.5 Å². The van der Waals surface area contributed by atoms with Gasteiger partial charge in [0.25, 0.3) is 0 Å². The fourth-order valence-electron chi connectivity index (χ4n) is 7.02. The molecule has 7 heteroatoms. The van der Waals surface area contributed by atoms with Crippen LogP contribution in [-0.4, -0.2) is 29.6 Å². The third-order valence-electron chi connectivity index (χ3n) is 8.69. The first-order valence-corrected chi connectivity index (χ1v) is 14.1. The number of hydrogen-bond donors (Lipinski definition) is 1. The molecule has 0 aliphatic carbocycles. The minimum Gasteiger partial charge on any atom is -0.352 e. The van der Waals surface area contributed by atoms with Gasteiger partial charge in [0, 0.05) is 33.1 Å². The van der Waals surface area contributed by atoms with Gasteiger partial charge in [0.1, 0.15) is 11.5 Å². The Balaban J connectivity index is 1.57. The zero-order chi connectivity index (χ0) is 28.5. The summed E-state index contributed by atoms with van der Waals surface area (Å²) < 4.78 is 0. The lowest BCUT2D eigenvalue weighted by Crippen LogP contribution is -2.51. The molecule has 1 amide bonds. The molecule has 7 rings (SSSR count). The molecule has 0 aromatic heterocycles. The lowest BCUT2D eigenvalue weighted by atomic mass is 9.64. The Morgan fingerprint density at radius 1 is 0.854 bits per heavy atom. The van der Waals surface area contributed by atoms with Gasteiger partial charge in [-0.1, -0.05) is 96.0 Å². The predicted octanol–water partition coefficient (Wildman–Crippen LogP) is 7.24. The summed E-state index contributed by atoms with van der Waals surface area (Å²) in [5.41, 5.74) is 3.34. The number of benzene rings is 4. The Hall–Kier alpha value is -4.19. The van der Waals surface area contributed by atoms with Gasteiger partial charge in [-0.2, -0.15) is 0 Å². The summed E-state index contributed by atoms with van der Waals surface area (Å²) in [7, 11) is 0. The van der Waals surface area contributed by atoms with Crippen molar-refractivity contribution in [3.63, 3.8) is 0 Å². The molecule has 0 saturated carbocycles. The number of carbonyl (C=O) groups excluding carboxylic acids is 3. The molecule has 0 radical (unpaired) electrons. The molecule has 1 fully saturated rings. The van der Waals surface area contributed by atoms with Gasteiger partial charge in [-0.3, -0.25) is 14.4 Å². The molecule has 4 aromatic carbocycles. The minimum absolute atomic E-state index is 0.173. The van der Waals surface area contributed by atoms with Crippen LogP contribution in [-0.2, 0) is 10.2 Å². The van der Waals surface area contributed by atoms with Gasteiger partial charge in [0.15, 0.2) is 11.6 Å². The fraction of sp³-hybridized carbons (Fsp3) is 0.147. The molecule has 1 N–H and O–H groups in total. The molecule has 4 aromatic rings. The number of carbonyl (C=O) groups is 3. The highest BCUT2D eigenvalue weighted by Gasteiger charge is 2.70. The van der Waals surface area contributed by atoms with Crippen LogP contribution in [0.15, 0.2) is 103 Å². The molecule has 5 nitrogen and oxygen atoms in total. The van der Waals surface area contributed by atoms with Crippen LogP contribution in [0.4, 0.5) is 11.4 Å². The van der Waals surface area contributed by atoms with Gasteiger partial charge in [0.05, 0.1) is 17.0 Å². The van der Waals surface area contributed by atoms with Crippen LogP contribution in [0, 0.1) is 5.92 Å². The van der Waals surface area contributed by atoms with Gasteiger partial charge >= 0.3 is 0 Å². The standard InChI is InChI=1S/C34H24Cl2N2O3/c1-19-17-28-34(24-12-6-7-13-26(24)37-33(34)41)29(32(40)23-16-15-21(35)18-25(23)36)30(31(39)20-9-3-2-4-10-20)38(28)27-14-8-5-11-22(19)27/h2-18,28-30H,1H3,(H,37,41). The smallest absolute Gasteiger partial charge is 0.238 e. The van der Waals surface area contributed by atoms with E-state index in [9.17, 15) is 14.4 Å². The van der Waals surface area contributed by atoms with E-state index < -0.39 is 23.4 Å². The zero-order valence-electron chi connectivity index (χ0n) is 22.0. The lowest BCUT2D eigenvalue weighted by molar-refractivity contribution is -0.121. The first-order chi connectivity index (χ1) is 19.8. The monoisotopic (exact) mass is 578 g/mol. The van der Waals surface area contributed by atoms with Crippen LogP contribution >= 0.6 is 23.2 Å². The van der Waals surface area contributed by atoms with E-state index in [1.54, 1.807) is 36.4 Å². The van der Waals surface area contributed by atoms with Crippen molar-refractivity contribution in [3.05, 3.63) is 135 Å². The number of nitrogens with zero attached hydrogens (tertiary/aromatic N) is 1. The van der Waals surface area contributed by atoms with Crippen molar-refractivity contribution in [1.82, 2.24) is 0 Å². The van der Waals surface area contributed by atoms with Crippen molar-refractivity contribution in [2.75, 3.05) is 10.2 Å². The van der Waals surface area contributed by atoms with Gasteiger partial charge < -0.3 is 10.2 Å². The predicted molar refractivity (Wildman–Crippen MR) is 162 cm³/mol. The number of ketones is 2. The maximum atomic E-state index is 14.9. The van der Waals surface area contributed by atoms with Crippen LogP contribution in [0.2, 0.25) is 10.0 Å². The number of rotatable bonds is 4. The van der Waals surface area contributed by atoms with E-state index in [0.717, 1.165) is 16.8 Å². The summed E-state index contributed by atoms with van der Waals surface area (Å²) in [5, 5.41) is 3.61. The second kappa shape index (κ2) is 9.44. The average molecular weight is 579 g/mol. The average Bonchev–Trinajstić information content (AvgIpc) is 3.45. The molecule has 3 aliphatic heterocycles. The quantitative estimate of drug-likeness (QED) is 0.259. The van der Waals surface area contributed by atoms with Crippen molar-refractivity contribution in [2.45, 2.75) is 24.4 Å². The van der Waals surface area contributed by atoms with Gasteiger partial charge in [-0.25, -0.2) is 0 Å². The Morgan fingerprint density at radius 2 is 1.56 bits per heavy atom. The molecular weight excluding hydrogens is 555 g/mol. The summed E-state index contributed by atoms with van der Waals surface area (Å²) >= 11 is 12.8. The SMILES string of the molecule is CC1=CC2N(c3ccccc31)C(C(=O)c1ccccc1)C(C(=O)c1ccc(Cl)cc1Cl)C21C(=O)Nc2ccccc21. The highest BCUT2D eigenvalue weighted by Crippen LogP contribution is 2.59. The number of Topliss-reactive ketones (excluding diaryl/α,β-unsaturated/α-hetero) is 2. The maximum Gasteiger partial charge on any atom is 0.238 e. The molecule has 1 saturated heterocycles. The number of para-hydroxylation sites is 2. The number of hydrogen-bond acceptors (Lipinski definition) is 4. The first-order valence-electron chi connectivity index (χ1n) is 13.4. The molecule has 4 unspecified atom stereocenters. The minimum atomic E-state index is -1.40. The van der Waals surface area contributed by atoms with Crippen LogP contribution in [0.25, 0.3) is 5.57 Å². The van der Waals surface area contributed by atoms with Gasteiger partial charge in [0.2, 0.25) is 5.91 Å². The van der Waals surface area contributed by atoms with Crippen molar-refractivity contribution in [3.8, 4) is 0 Å². The van der Waals surface area contributed by atoms with E-state index in [0.29, 0.717) is 21.8 Å². The van der Waals surface area contributed by atoms with E-state index in [1.807, 2.05) is 72.5 Å². The van der Waals surface area contributed by atoms with E-state index in [4.69, 9.17) is 23.2 Å². The molecule has 1 spiro atoms. The molecule has 3 aliphatic rings. The highest BCUT2D eigenvalue weighted by molar-refractivity contribution is 6.37. The van der Waals surface area contributed by atoms with Gasteiger partial charge in [-0.15, -0.1) is 0 Å². The molecule has 41 heavy (non-hydrogen) atoms. The maximum absolute atomic E-state index is 14.9. The van der Waals surface area contributed by atoms with Gasteiger partial charge in [-0.05, 0) is 48.4 Å².